The minimum atomic E-state index is -3.07. The number of para-hydroxylation sites is 1. The Bertz CT molecular complexity index is 532. The first-order valence-electron chi connectivity index (χ1n) is 5.34. The van der Waals surface area contributed by atoms with Gasteiger partial charge in [0.2, 0.25) is 0 Å². The van der Waals surface area contributed by atoms with Crippen LogP contribution in [0.15, 0.2) is 30.3 Å². The van der Waals surface area contributed by atoms with Crippen LogP contribution in [0.5, 0.6) is 5.75 Å². The van der Waals surface area contributed by atoms with Crippen LogP contribution < -0.4 is 10.1 Å². The standard InChI is InChI=1S/C11H12ClNO3S2/c12-9-6-18(14,15)7-10(9)13-11(17)16-8-4-2-1-3-5-8/h1-5,9-10H,6-7H2,(H,13,17). The molecule has 0 radical (unpaired) electrons. The molecule has 1 aliphatic heterocycles. The third kappa shape index (κ3) is 3.57. The zero-order valence-corrected chi connectivity index (χ0v) is 11.8. The predicted molar refractivity (Wildman–Crippen MR) is 74.9 cm³/mol. The highest BCUT2D eigenvalue weighted by Crippen LogP contribution is 2.18. The minimum Gasteiger partial charge on any atom is -0.432 e. The second-order valence-corrected chi connectivity index (χ2v) is 7.13. The Morgan fingerprint density at radius 2 is 2.00 bits per heavy atom. The first kappa shape index (κ1) is 13.6. The molecule has 0 amide bonds. The summed E-state index contributed by atoms with van der Waals surface area (Å²) < 4.78 is 28.1. The summed E-state index contributed by atoms with van der Waals surface area (Å²) in [7, 11) is -3.07. The molecule has 1 N–H and O–H groups in total. The van der Waals surface area contributed by atoms with Crippen LogP contribution in [0.3, 0.4) is 0 Å². The van der Waals surface area contributed by atoms with Crippen molar-refractivity contribution in [1.29, 1.82) is 0 Å². The van der Waals surface area contributed by atoms with Gasteiger partial charge in [-0.3, -0.25) is 0 Å². The summed E-state index contributed by atoms with van der Waals surface area (Å²) in [6, 6.07) is 8.63. The van der Waals surface area contributed by atoms with Crippen molar-refractivity contribution in [2.75, 3.05) is 11.5 Å². The van der Waals surface area contributed by atoms with Gasteiger partial charge in [-0.25, -0.2) is 8.42 Å². The van der Waals surface area contributed by atoms with E-state index in [4.69, 9.17) is 28.6 Å². The van der Waals surface area contributed by atoms with E-state index >= 15 is 0 Å². The van der Waals surface area contributed by atoms with Crippen molar-refractivity contribution in [3.8, 4) is 5.75 Å². The van der Waals surface area contributed by atoms with Crippen LogP contribution in [0.25, 0.3) is 0 Å². The van der Waals surface area contributed by atoms with Crippen LogP contribution in [0.2, 0.25) is 0 Å². The Kier molecular flexibility index (Phi) is 4.09. The fraction of sp³-hybridized carbons (Fsp3) is 0.364. The Morgan fingerprint density at radius 1 is 1.33 bits per heavy atom. The van der Waals surface area contributed by atoms with Crippen molar-refractivity contribution in [2.24, 2.45) is 0 Å². The first-order valence-corrected chi connectivity index (χ1v) is 8.01. The maximum atomic E-state index is 11.4. The van der Waals surface area contributed by atoms with E-state index in [9.17, 15) is 8.42 Å². The molecule has 1 aromatic carbocycles. The van der Waals surface area contributed by atoms with E-state index in [0.29, 0.717) is 5.75 Å². The molecule has 2 atom stereocenters. The van der Waals surface area contributed by atoms with Gasteiger partial charge >= 0.3 is 0 Å². The monoisotopic (exact) mass is 305 g/mol. The van der Waals surface area contributed by atoms with Crippen molar-refractivity contribution in [1.82, 2.24) is 5.32 Å². The predicted octanol–water partition coefficient (Wildman–Crippen LogP) is 1.34. The first-order chi connectivity index (χ1) is 8.46. The normalized spacial score (nSPS) is 25.6. The number of ether oxygens (including phenoxy) is 1. The van der Waals surface area contributed by atoms with Gasteiger partial charge in [0.1, 0.15) is 5.75 Å². The lowest BCUT2D eigenvalue weighted by Gasteiger charge is -2.16. The SMILES string of the molecule is O=S1(=O)CC(Cl)C(NC(=S)Oc2ccccc2)C1. The molecular formula is C11H12ClNO3S2. The zero-order valence-electron chi connectivity index (χ0n) is 9.37. The number of hydrogen-bond acceptors (Lipinski definition) is 4. The van der Waals surface area contributed by atoms with Gasteiger partial charge < -0.3 is 10.1 Å². The largest absolute Gasteiger partial charge is 0.432 e. The topological polar surface area (TPSA) is 55.4 Å². The molecule has 1 saturated heterocycles. The molecule has 1 aromatic rings. The molecule has 4 nitrogen and oxygen atoms in total. The van der Waals surface area contributed by atoms with E-state index in [2.05, 4.69) is 5.32 Å². The molecule has 2 rings (SSSR count). The second kappa shape index (κ2) is 5.42. The molecule has 0 saturated carbocycles. The molecule has 18 heavy (non-hydrogen) atoms. The quantitative estimate of drug-likeness (QED) is 0.660. The van der Waals surface area contributed by atoms with E-state index in [1.165, 1.54) is 0 Å². The number of thiocarbonyl (C=S) groups is 1. The highest BCUT2D eigenvalue weighted by molar-refractivity contribution is 7.91. The Morgan fingerprint density at radius 3 is 2.56 bits per heavy atom. The average Bonchev–Trinajstić information content (AvgIpc) is 2.53. The molecule has 0 spiro atoms. The van der Waals surface area contributed by atoms with Crippen LogP contribution in [0, 0.1) is 0 Å². The Labute approximate surface area is 116 Å². The van der Waals surface area contributed by atoms with E-state index in [0.717, 1.165) is 0 Å². The number of hydrogen-bond donors (Lipinski definition) is 1. The van der Waals surface area contributed by atoms with Crippen LogP contribution in [0.4, 0.5) is 0 Å². The minimum absolute atomic E-state index is 0.0144. The fourth-order valence-corrected chi connectivity index (χ4v) is 4.51. The van der Waals surface area contributed by atoms with Gasteiger partial charge in [-0.1, -0.05) is 18.2 Å². The van der Waals surface area contributed by atoms with E-state index in [1.54, 1.807) is 12.1 Å². The van der Waals surface area contributed by atoms with E-state index in [-0.39, 0.29) is 16.7 Å². The fourth-order valence-electron chi connectivity index (χ4n) is 1.71. The van der Waals surface area contributed by atoms with Gasteiger partial charge in [0.25, 0.3) is 5.17 Å². The van der Waals surface area contributed by atoms with Crippen molar-refractivity contribution >= 4 is 38.8 Å². The Balaban J connectivity index is 1.93. The smallest absolute Gasteiger partial charge is 0.262 e. The molecule has 1 fully saturated rings. The van der Waals surface area contributed by atoms with Crippen molar-refractivity contribution in [2.45, 2.75) is 11.4 Å². The van der Waals surface area contributed by atoms with E-state index < -0.39 is 21.3 Å². The molecular weight excluding hydrogens is 294 g/mol. The van der Waals surface area contributed by atoms with Crippen molar-refractivity contribution in [3.05, 3.63) is 30.3 Å². The van der Waals surface area contributed by atoms with Crippen LogP contribution in [-0.2, 0) is 9.84 Å². The van der Waals surface area contributed by atoms with Crippen molar-refractivity contribution < 1.29 is 13.2 Å². The number of nitrogens with one attached hydrogen (secondary N) is 1. The number of rotatable bonds is 2. The summed E-state index contributed by atoms with van der Waals surface area (Å²) in [5.74, 6) is 0.557. The average molecular weight is 306 g/mol. The highest BCUT2D eigenvalue weighted by Gasteiger charge is 2.37. The third-order valence-electron chi connectivity index (χ3n) is 2.54. The van der Waals surface area contributed by atoms with Gasteiger partial charge in [0, 0.05) is 0 Å². The maximum absolute atomic E-state index is 11.4. The van der Waals surface area contributed by atoms with Gasteiger partial charge in [-0.2, -0.15) is 0 Å². The highest BCUT2D eigenvalue weighted by atomic mass is 35.5. The van der Waals surface area contributed by atoms with Crippen LogP contribution in [-0.4, -0.2) is 36.5 Å². The van der Waals surface area contributed by atoms with Crippen molar-refractivity contribution in [3.63, 3.8) is 0 Å². The molecule has 0 aromatic heterocycles. The van der Waals surface area contributed by atoms with Gasteiger partial charge in [-0.15, -0.1) is 11.6 Å². The molecule has 1 aliphatic rings. The van der Waals surface area contributed by atoms with Gasteiger partial charge in [0.15, 0.2) is 9.84 Å². The molecule has 7 heteroatoms. The number of halogens is 1. The molecule has 0 bridgehead atoms. The zero-order chi connectivity index (χ0) is 13.2. The number of sulfone groups is 1. The van der Waals surface area contributed by atoms with E-state index in [1.807, 2.05) is 18.2 Å². The number of benzene rings is 1. The number of alkyl halides is 1. The summed E-state index contributed by atoms with van der Waals surface area (Å²) in [6.07, 6.45) is 0. The Hall–Kier alpha value is -0.850. The third-order valence-corrected chi connectivity index (χ3v) is 5.12. The lowest BCUT2D eigenvalue weighted by molar-refractivity contribution is 0.511. The molecule has 0 aliphatic carbocycles. The van der Waals surface area contributed by atoms with Gasteiger partial charge in [-0.05, 0) is 24.4 Å². The maximum Gasteiger partial charge on any atom is 0.262 e. The second-order valence-electron chi connectivity index (χ2n) is 4.05. The molecule has 2 unspecified atom stereocenters. The lowest BCUT2D eigenvalue weighted by Crippen LogP contribution is -2.41. The van der Waals surface area contributed by atoms with Crippen LogP contribution >= 0.6 is 23.8 Å². The summed E-state index contributed by atoms with van der Waals surface area (Å²) in [5.41, 5.74) is 0. The summed E-state index contributed by atoms with van der Waals surface area (Å²) in [5, 5.41) is 2.48. The molecule has 1 heterocycles. The summed E-state index contributed by atoms with van der Waals surface area (Å²) >= 11 is 11.0. The summed E-state index contributed by atoms with van der Waals surface area (Å²) in [6.45, 7) is 0. The lowest BCUT2D eigenvalue weighted by atomic mass is 10.3. The van der Waals surface area contributed by atoms with Crippen LogP contribution in [0.1, 0.15) is 0 Å². The van der Waals surface area contributed by atoms with Gasteiger partial charge in [0.05, 0.1) is 22.9 Å². The molecule has 98 valence electrons. The summed E-state index contributed by atoms with van der Waals surface area (Å²) in [4.78, 5) is 0.